The van der Waals surface area contributed by atoms with E-state index in [9.17, 15) is 64.8 Å². The highest BCUT2D eigenvalue weighted by molar-refractivity contribution is 14.1. The molecule has 0 bridgehead atoms. The van der Waals surface area contributed by atoms with Crippen molar-refractivity contribution in [2.45, 2.75) is 37.4 Å². The predicted octanol–water partition coefficient (Wildman–Crippen LogP) is 0.119. The minimum atomic E-state index is -1.79. The molecule has 0 heterocycles. The van der Waals surface area contributed by atoms with Gasteiger partial charge in [0.15, 0.2) is 6.10 Å². The number of hydrogen-bond donors (Lipinski definition) is 12. The van der Waals surface area contributed by atoms with E-state index in [2.05, 4.69) is 21.3 Å². The Balaban J connectivity index is 2.33. The van der Waals surface area contributed by atoms with Crippen molar-refractivity contribution in [3.05, 3.63) is 43.7 Å². The smallest absolute Gasteiger partial charge is 0.255 e. The molecule has 0 saturated heterocycles. The van der Waals surface area contributed by atoms with Gasteiger partial charge in [0.1, 0.15) is 6.23 Å². The highest BCUT2D eigenvalue weighted by atomic mass is 127. The van der Waals surface area contributed by atoms with Gasteiger partial charge in [0.2, 0.25) is 0 Å². The van der Waals surface area contributed by atoms with E-state index >= 15 is 0 Å². The van der Waals surface area contributed by atoms with Gasteiger partial charge in [-0.15, -0.1) is 0 Å². The monoisotopic (exact) mass is 1490 g/mol. The van der Waals surface area contributed by atoms with Crippen molar-refractivity contribution in [1.82, 2.24) is 20.4 Å². The largest absolute Gasteiger partial charge is 0.394 e. The van der Waals surface area contributed by atoms with Crippen LogP contribution in [0.5, 0.6) is 0 Å². The van der Waals surface area contributed by atoms with Crippen molar-refractivity contribution in [2.75, 3.05) is 77.3 Å². The maximum Gasteiger partial charge on any atom is 0.255 e. The number of rotatable bonds is 21. The van der Waals surface area contributed by atoms with Crippen LogP contribution in [0, 0.1) is 21.4 Å². The van der Waals surface area contributed by atoms with Crippen molar-refractivity contribution in [3.8, 4) is 0 Å². The number of amides is 5. The number of hydrogen-bond acceptors (Lipinski definition) is 14. The first-order valence-corrected chi connectivity index (χ1v) is 23.4. The Labute approximate surface area is 415 Å². The molecule has 4 atom stereocenters. The topological polar surface area (TPSA) is 302 Å². The molecule has 0 fully saturated rings. The van der Waals surface area contributed by atoms with Gasteiger partial charge in [-0.05, 0) is 148 Å². The second-order valence-electron chi connectivity index (χ2n) is 12.4. The summed E-state index contributed by atoms with van der Waals surface area (Å²) in [6.07, 6.45) is -4.92. The lowest BCUT2D eigenvalue weighted by atomic mass is 10.1. The molecule has 2 aromatic rings. The fourth-order valence-electron chi connectivity index (χ4n) is 4.97. The molecule has 2 aromatic carbocycles. The Morgan fingerprint density at radius 2 is 0.931 bits per heavy atom. The molecule has 58 heavy (non-hydrogen) atoms. The first kappa shape index (κ1) is 53.8. The van der Waals surface area contributed by atoms with Crippen LogP contribution in [0.4, 0.5) is 11.4 Å². The van der Waals surface area contributed by atoms with Crippen molar-refractivity contribution in [2.24, 2.45) is 0 Å². The number of benzene rings is 2. The lowest BCUT2D eigenvalue weighted by molar-refractivity contribution is -0.125. The Hall–Kier alpha value is -0.350. The van der Waals surface area contributed by atoms with Gasteiger partial charge in [0.05, 0.1) is 86.5 Å². The molecule has 0 aliphatic rings. The van der Waals surface area contributed by atoms with E-state index < -0.39 is 80.5 Å². The molecule has 0 saturated carbocycles. The highest BCUT2D eigenvalue weighted by Gasteiger charge is 2.32. The molecule has 25 heteroatoms. The number of unbranched alkanes of at least 4 members (excludes halogenated alkanes) is 1. The molecule has 324 valence electrons. The number of aliphatic hydroxyl groups excluding tert-OH is 8. The number of carbonyl (C=O) groups excluding carboxylic acids is 5. The summed E-state index contributed by atoms with van der Waals surface area (Å²) in [5.41, 5.74) is 0.516. The number of anilines is 2. The van der Waals surface area contributed by atoms with Gasteiger partial charge in [0.25, 0.3) is 29.5 Å². The van der Waals surface area contributed by atoms with Crippen LogP contribution in [0.25, 0.3) is 0 Å². The number of halogens is 6. The third kappa shape index (κ3) is 14.1. The summed E-state index contributed by atoms with van der Waals surface area (Å²) < 4.78 is 1.67. The quantitative estimate of drug-likeness (QED) is 0.0450. The molecule has 0 aliphatic carbocycles. The van der Waals surface area contributed by atoms with E-state index in [4.69, 9.17) is 0 Å². The minimum absolute atomic E-state index is 0.0132. The summed E-state index contributed by atoms with van der Waals surface area (Å²) in [4.78, 5) is 69.4. The average Bonchev–Trinajstić information content (AvgIpc) is 3.18. The standard InChI is InChI=1S/C33H42I6N6O13/c1-44(7-13(50)9-46)32(57)19-21(34)17(23(36)27(25(19)38)42-16(53)12-49)30(55)40-5-3-4-6-41-31(56)18-22(35)20(33(58)45(2)8-14(51)10-47)26(39)28(24(18)37)43-29(54)15(52)11-48/h13-16,42,46-53H,3-12H2,1-2H3,(H,40,55)(H,41,56)(H,43,54). The zero-order valence-corrected chi connectivity index (χ0v) is 43.6. The van der Waals surface area contributed by atoms with E-state index in [1.54, 1.807) is 0 Å². The molecule has 0 aliphatic heterocycles. The number of aliphatic hydroxyl groups is 8. The van der Waals surface area contributed by atoms with Crippen molar-refractivity contribution >= 4 is 176 Å². The average molecular weight is 1490 g/mol. The van der Waals surface area contributed by atoms with Crippen molar-refractivity contribution in [1.29, 1.82) is 0 Å². The van der Waals surface area contributed by atoms with E-state index in [0.717, 1.165) is 4.90 Å². The molecule has 12 N–H and O–H groups in total. The summed E-state index contributed by atoms with van der Waals surface area (Å²) in [5.74, 6) is -3.34. The molecule has 2 rings (SSSR count). The van der Waals surface area contributed by atoms with Gasteiger partial charge < -0.3 is 71.9 Å². The molecule has 4 unspecified atom stereocenters. The lowest BCUT2D eigenvalue weighted by Gasteiger charge is -2.25. The van der Waals surface area contributed by atoms with E-state index in [0.29, 0.717) is 20.0 Å². The van der Waals surface area contributed by atoms with Crippen LogP contribution in [-0.4, -0.2) is 171 Å². The number of nitrogens with zero attached hydrogens (tertiary/aromatic N) is 2. The fraction of sp³-hybridized carbons (Fsp3) is 0.485. The van der Waals surface area contributed by atoms with Crippen LogP contribution < -0.4 is 21.3 Å². The summed E-state index contributed by atoms with van der Waals surface area (Å²) in [5, 5.41) is 88.0. The second kappa shape index (κ2) is 25.7. The van der Waals surface area contributed by atoms with Crippen LogP contribution in [0.2, 0.25) is 0 Å². The Kier molecular flexibility index (Phi) is 23.8. The number of nitrogens with one attached hydrogen (secondary N) is 4. The molecule has 0 aromatic heterocycles. The second-order valence-corrected chi connectivity index (χ2v) is 18.9. The molecular formula is C33H42I6N6O13. The summed E-state index contributed by atoms with van der Waals surface area (Å²) in [7, 11) is 2.81. The van der Waals surface area contributed by atoms with Crippen LogP contribution in [0.3, 0.4) is 0 Å². The van der Waals surface area contributed by atoms with Crippen molar-refractivity contribution in [3.63, 3.8) is 0 Å². The van der Waals surface area contributed by atoms with E-state index in [-0.39, 0.29) is 74.1 Å². The maximum absolute atomic E-state index is 13.7. The summed E-state index contributed by atoms with van der Waals surface area (Å²) in [6, 6.07) is 0. The van der Waals surface area contributed by atoms with Gasteiger partial charge in [-0.1, -0.05) is 0 Å². The summed E-state index contributed by atoms with van der Waals surface area (Å²) in [6.45, 7) is -2.92. The Morgan fingerprint density at radius 3 is 1.31 bits per heavy atom. The Bertz CT molecular complexity index is 1850. The molecule has 5 amide bonds. The minimum Gasteiger partial charge on any atom is -0.394 e. The van der Waals surface area contributed by atoms with Gasteiger partial charge in [-0.25, -0.2) is 0 Å². The zero-order valence-electron chi connectivity index (χ0n) is 30.7. The zero-order chi connectivity index (χ0) is 44.2. The highest BCUT2D eigenvalue weighted by Crippen LogP contribution is 2.38. The van der Waals surface area contributed by atoms with Crippen LogP contribution in [-0.2, 0) is 4.79 Å². The first-order chi connectivity index (χ1) is 27.2. The van der Waals surface area contributed by atoms with Crippen LogP contribution in [0.15, 0.2) is 0 Å². The maximum atomic E-state index is 13.7. The summed E-state index contributed by atoms with van der Waals surface area (Å²) >= 11 is 11.1. The lowest BCUT2D eigenvalue weighted by Crippen LogP contribution is -2.38. The third-order valence-corrected chi connectivity index (χ3v) is 14.5. The van der Waals surface area contributed by atoms with Crippen molar-refractivity contribution < 1.29 is 64.8 Å². The van der Waals surface area contributed by atoms with Gasteiger partial charge in [-0.3, -0.25) is 24.0 Å². The molecule has 0 spiro atoms. The van der Waals surface area contributed by atoms with Crippen LogP contribution in [0.1, 0.15) is 54.3 Å². The number of likely N-dealkylation sites (N-methyl/N-ethyl adjacent to an activating group) is 2. The van der Waals surface area contributed by atoms with Gasteiger partial charge >= 0.3 is 0 Å². The normalized spacial score (nSPS) is 13.2. The molecule has 19 nitrogen and oxygen atoms in total. The number of carbonyl (C=O) groups is 5. The molecule has 0 radical (unpaired) electrons. The third-order valence-electron chi connectivity index (χ3n) is 7.98. The van der Waals surface area contributed by atoms with Crippen LogP contribution >= 0.6 is 136 Å². The van der Waals surface area contributed by atoms with Gasteiger partial charge in [0, 0.05) is 47.4 Å². The predicted molar refractivity (Wildman–Crippen MR) is 262 cm³/mol. The SMILES string of the molecule is CN(CC(O)CO)C(=O)c1c(I)c(NC(=O)C(O)CO)c(I)c(C(=O)NCCCCNC(=O)c2c(I)c(NC(O)CO)c(I)c(C(=O)N(C)CC(O)CO)c2I)c1I. The first-order valence-electron chi connectivity index (χ1n) is 16.9. The van der Waals surface area contributed by atoms with E-state index in [1.807, 2.05) is 136 Å². The fourth-order valence-corrected chi connectivity index (χ4v) is 13.8. The molecular weight excluding hydrogens is 1450 g/mol. The Morgan fingerprint density at radius 1 is 0.552 bits per heavy atom. The van der Waals surface area contributed by atoms with Gasteiger partial charge in [-0.2, -0.15) is 0 Å². The van der Waals surface area contributed by atoms with E-state index in [1.165, 1.54) is 19.0 Å².